The molecule has 122 valence electrons. The van der Waals surface area contributed by atoms with Gasteiger partial charge in [-0.25, -0.2) is 4.79 Å². The lowest BCUT2D eigenvalue weighted by Crippen LogP contribution is -2.29. The lowest BCUT2D eigenvalue weighted by Gasteiger charge is -2.22. The van der Waals surface area contributed by atoms with Crippen molar-refractivity contribution in [2.45, 2.75) is 32.1 Å². The van der Waals surface area contributed by atoms with Crippen LogP contribution in [0.25, 0.3) is 6.08 Å². The molecule has 2 fully saturated rings. The molecular formula is C19H23NO3. The topological polar surface area (TPSA) is 57.6 Å². The largest absolute Gasteiger partial charge is 0.478 e. The first-order valence-corrected chi connectivity index (χ1v) is 8.40. The third kappa shape index (κ3) is 3.81. The number of rotatable bonds is 4. The predicted octanol–water partition coefficient (Wildman–Crippen LogP) is 3.19. The number of carboxylic acids is 1. The van der Waals surface area contributed by atoms with Crippen LogP contribution in [0.4, 0.5) is 0 Å². The van der Waals surface area contributed by atoms with Gasteiger partial charge in [0.2, 0.25) is 5.91 Å². The molecule has 1 saturated carbocycles. The SMILES string of the molecule is O=C(O)/C(=C/c1ccccc1)CC(=O)N1C[C@H]2CCCC[C@H]2C1. The van der Waals surface area contributed by atoms with E-state index in [1.807, 2.05) is 35.2 Å². The second-order valence-corrected chi connectivity index (χ2v) is 6.67. The summed E-state index contributed by atoms with van der Waals surface area (Å²) in [6, 6.07) is 9.29. The van der Waals surface area contributed by atoms with Gasteiger partial charge in [0.25, 0.3) is 0 Å². The van der Waals surface area contributed by atoms with Gasteiger partial charge in [0.15, 0.2) is 0 Å². The molecule has 1 aromatic carbocycles. The Kier molecular flexibility index (Phi) is 4.79. The van der Waals surface area contributed by atoms with Gasteiger partial charge in [-0.3, -0.25) is 4.79 Å². The molecule has 0 unspecified atom stereocenters. The van der Waals surface area contributed by atoms with E-state index < -0.39 is 5.97 Å². The maximum absolute atomic E-state index is 12.5. The maximum Gasteiger partial charge on any atom is 0.332 e. The zero-order valence-corrected chi connectivity index (χ0v) is 13.3. The van der Waals surface area contributed by atoms with Crippen molar-refractivity contribution < 1.29 is 14.7 Å². The van der Waals surface area contributed by atoms with E-state index in [0.29, 0.717) is 11.8 Å². The number of hydrogen-bond acceptors (Lipinski definition) is 2. The number of carboxylic acid groups (broad SMARTS) is 1. The van der Waals surface area contributed by atoms with Gasteiger partial charge in [0, 0.05) is 18.7 Å². The first kappa shape index (κ1) is 15.8. The van der Waals surface area contributed by atoms with Crippen molar-refractivity contribution >= 4 is 18.0 Å². The van der Waals surface area contributed by atoms with E-state index in [1.165, 1.54) is 25.7 Å². The summed E-state index contributed by atoms with van der Waals surface area (Å²) in [7, 11) is 0. The molecule has 1 amide bonds. The number of benzene rings is 1. The van der Waals surface area contributed by atoms with E-state index >= 15 is 0 Å². The molecule has 1 N–H and O–H groups in total. The van der Waals surface area contributed by atoms with Crippen LogP contribution in [0.3, 0.4) is 0 Å². The van der Waals surface area contributed by atoms with Gasteiger partial charge in [-0.05, 0) is 36.3 Å². The van der Waals surface area contributed by atoms with Crippen LogP contribution in [0.15, 0.2) is 35.9 Å². The zero-order chi connectivity index (χ0) is 16.2. The van der Waals surface area contributed by atoms with Crippen LogP contribution in [-0.4, -0.2) is 35.0 Å². The van der Waals surface area contributed by atoms with Crippen molar-refractivity contribution in [3.63, 3.8) is 0 Å². The van der Waals surface area contributed by atoms with Crippen molar-refractivity contribution in [2.75, 3.05) is 13.1 Å². The summed E-state index contributed by atoms with van der Waals surface area (Å²) in [5.74, 6) is 0.181. The monoisotopic (exact) mass is 313 g/mol. The molecule has 4 nitrogen and oxygen atoms in total. The Morgan fingerprint density at radius 1 is 1.09 bits per heavy atom. The fourth-order valence-corrected chi connectivity index (χ4v) is 3.82. The van der Waals surface area contributed by atoms with Crippen molar-refractivity contribution in [3.8, 4) is 0 Å². The third-order valence-corrected chi connectivity index (χ3v) is 5.09. The number of likely N-dealkylation sites (tertiary alicyclic amines) is 1. The normalized spacial score (nSPS) is 24.3. The number of fused-ring (bicyclic) bond motifs is 1. The highest BCUT2D eigenvalue weighted by molar-refractivity contribution is 5.98. The van der Waals surface area contributed by atoms with Crippen LogP contribution >= 0.6 is 0 Å². The van der Waals surface area contributed by atoms with Crippen LogP contribution in [-0.2, 0) is 9.59 Å². The van der Waals surface area contributed by atoms with E-state index in [4.69, 9.17) is 0 Å². The summed E-state index contributed by atoms with van der Waals surface area (Å²) < 4.78 is 0. The van der Waals surface area contributed by atoms with Crippen LogP contribution in [0, 0.1) is 11.8 Å². The molecule has 0 aromatic heterocycles. The summed E-state index contributed by atoms with van der Waals surface area (Å²) in [6.45, 7) is 1.61. The van der Waals surface area contributed by atoms with Crippen LogP contribution in [0.1, 0.15) is 37.7 Å². The lowest BCUT2D eigenvalue weighted by molar-refractivity contribution is -0.136. The maximum atomic E-state index is 12.5. The van der Waals surface area contributed by atoms with Gasteiger partial charge in [-0.1, -0.05) is 43.2 Å². The number of carbonyl (C=O) groups is 2. The van der Waals surface area contributed by atoms with Gasteiger partial charge in [0.1, 0.15) is 0 Å². The Morgan fingerprint density at radius 3 is 2.26 bits per heavy atom. The molecule has 4 heteroatoms. The summed E-state index contributed by atoms with van der Waals surface area (Å²) in [6.07, 6.45) is 6.52. The molecular weight excluding hydrogens is 290 g/mol. The van der Waals surface area contributed by atoms with E-state index in [-0.39, 0.29) is 17.9 Å². The molecule has 1 saturated heterocycles. The van der Waals surface area contributed by atoms with E-state index in [2.05, 4.69) is 0 Å². The average molecular weight is 313 g/mol. The lowest BCUT2D eigenvalue weighted by atomic mass is 9.82. The van der Waals surface area contributed by atoms with Gasteiger partial charge in [-0.15, -0.1) is 0 Å². The van der Waals surface area contributed by atoms with Gasteiger partial charge in [-0.2, -0.15) is 0 Å². The van der Waals surface area contributed by atoms with Crippen LogP contribution < -0.4 is 0 Å². The number of aliphatic carboxylic acids is 1. The highest BCUT2D eigenvalue weighted by atomic mass is 16.4. The second kappa shape index (κ2) is 6.99. The molecule has 1 aromatic rings. The van der Waals surface area contributed by atoms with E-state index in [0.717, 1.165) is 18.7 Å². The van der Waals surface area contributed by atoms with Crippen molar-refractivity contribution in [2.24, 2.45) is 11.8 Å². The summed E-state index contributed by atoms with van der Waals surface area (Å²) in [4.78, 5) is 25.9. The minimum atomic E-state index is -1.01. The minimum Gasteiger partial charge on any atom is -0.478 e. The standard InChI is InChI=1S/C19H23NO3/c21-18(20-12-15-8-4-5-9-16(15)13-20)11-17(19(22)23)10-14-6-2-1-3-7-14/h1-3,6-7,10,15-16H,4-5,8-9,11-13H2,(H,22,23)/b17-10+/t15-,16+. The molecule has 0 spiro atoms. The van der Waals surface area contributed by atoms with Crippen molar-refractivity contribution in [1.82, 2.24) is 4.90 Å². The van der Waals surface area contributed by atoms with Gasteiger partial charge in [0.05, 0.1) is 6.42 Å². The zero-order valence-electron chi connectivity index (χ0n) is 13.3. The number of amides is 1. The predicted molar refractivity (Wildman–Crippen MR) is 88.7 cm³/mol. The highest BCUT2D eigenvalue weighted by Gasteiger charge is 2.36. The van der Waals surface area contributed by atoms with Gasteiger partial charge < -0.3 is 10.0 Å². The number of nitrogens with zero attached hydrogens (tertiary/aromatic N) is 1. The average Bonchev–Trinajstić information content (AvgIpc) is 2.99. The highest BCUT2D eigenvalue weighted by Crippen LogP contribution is 2.36. The van der Waals surface area contributed by atoms with Crippen LogP contribution in [0.5, 0.6) is 0 Å². The first-order chi connectivity index (χ1) is 11.1. The fraction of sp³-hybridized carbons (Fsp3) is 0.474. The Balaban J connectivity index is 1.67. The minimum absolute atomic E-state index is 0.0241. The van der Waals surface area contributed by atoms with E-state index in [1.54, 1.807) is 6.08 Å². The van der Waals surface area contributed by atoms with E-state index in [9.17, 15) is 14.7 Å². The Morgan fingerprint density at radius 2 is 1.70 bits per heavy atom. The molecule has 1 heterocycles. The number of hydrogen-bond donors (Lipinski definition) is 1. The quantitative estimate of drug-likeness (QED) is 0.869. The Labute approximate surface area is 136 Å². The Bertz CT molecular complexity index is 594. The summed E-state index contributed by atoms with van der Waals surface area (Å²) in [5.41, 5.74) is 0.976. The summed E-state index contributed by atoms with van der Waals surface area (Å²) >= 11 is 0. The number of carbonyl (C=O) groups excluding carboxylic acids is 1. The summed E-state index contributed by atoms with van der Waals surface area (Å²) in [5, 5.41) is 9.39. The first-order valence-electron chi connectivity index (χ1n) is 8.40. The molecule has 3 rings (SSSR count). The molecule has 0 radical (unpaired) electrons. The third-order valence-electron chi connectivity index (χ3n) is 5.09. The van der Waals surface area contributed by atoms with Crippen LogP contribution in [0.2, 0.25) is 0 Å². The molecule has 0 bridgehead atoms. The van der Waals surface area contributed by atoms with Crippen molar-refractivity contribution in [3.05, 3.63) is 41.5 Å². The second-order valence-electron chi connectivity index (χ2n) is 6.67. The fourth-order valence-electron chi connectivity index (χ4n) is 3.82. The van der Waals surface area contributed by atoms with Crippen molar-refractivity contribution in [1.29, 1.82) is 0 Å². The molecule has 2 atom stereocenters. The smallest absolute Gasteiger partial charge is 0.332 e. The Hall–Kier alpha value is -2.10. The molecule has 1 aliphatic heterocycles. The van der Waals surface area contributed by atoms with Gasteiger partial charge >= 0.3 is 5.97 Å². The molecule has 23 heavy (non-hydrogen) atoms. The molecule has 1 aliphatic carbocycles. The molecule has 2 aliphatic rings.